The lowest BCUT2D eigenvalue weighted by atomic mass is 9.90. The molecule has 1 unspecified atom stereocenters. The summed E-state index contributed by atoms with van der Waals surface area (Å²) in [7, 11) is 0. The number of aryl methyl sites for hydroxylation is 2. The molecule has 0 saturated heterocycles. The Morgan fingerprint density at radius 2 is 1.80 bits per heavy atom. The van der Waals surface area contributed by atoms with Crippen LogP contribution in [-0.4, -0.2) is 5.88 Å². The normalized spacial score (nSPS) is 13.2. The smallest absolute Gasteiger partial charge is 0.0257 e. The highest BCUT2D eigenvalue weighted by Crippen LogP contribution is 2.20. The molecular formula is C14H21Cl. The Hall–Kier alpha value is -0.490. The molecule has 0 aromatic heterocycles. The highest BCUT2D eigenvalue weighted by atomic mass is 35.5. The van der Waals surface area contributed by atoms with Crippen LogP contribution in [0.25, 0.3) is 0 Å². The minimum Gasteiger partial charge on any atom is -0.126 e. The van der Waals surface area contributed by atoms with Crippen molar-refractivity contribution in [3.05, 3.63) is 34.9 Å². The lowest BCUT2D eigenvalue weighted by molar-refractivity contribution is 0.422. The summed E-state index contributed by atoms with van der Waals surface area (Å²) in [5.74, 6) is 2.00. The fourth-order valence-electron chi connectivity index (χ4n) is 1.70. The van der Waals surface area contributed by atoms with Crippen LogP contribution in [0, 0.1) is 25.7 Å². The van der Waals surface area contributed by atoms with E-state index in [-0.39, 0.29) is 0 Å². The molecule has 0 aliphatic rings. The zero-order valence-electron chi connectivity index (χ0n) is 10.2. The number of alkyl halides is 1. The minimum atomic E-state index is 0.591. The Morgan fingerprint density at radius 3 is 2.27 bits per heavy atom. The largest absolute Gasteiger partial charge is 0.126 e. The van der Waals surface area contributed by atoms with E-state index in [1.165, 1.54) is 16.7 Å². The molecule has 0 radical (unpaired) electrons. The third-order valence-electron chi connectivity index (χ3n) is 3.21. The first kappa shape index (κ1) is 12.6. The van der Waals surface area contributed by atoms with E-state index >= 15 is 0 Å². The number of halogens is 1. The zero-order chi connectivity index (χ0) is 11.4. The molecular weight excluding hydrogens is 204 g/mol. The van der Waals surface area contributed by atoms with E-state index in [4.69, 9.17) is 11.6 Å². The van der Waals surface area contributed by atoms with Crippen molar-refractivity contribution >= 4 is 11.6 Å². The molecule has 0 fully saturated rings. The van der Waals surface area contributed by atoms with Crippen LogP contribution in [0.1, 0.15) is 30.5 Å². The summed E-state index contributed by atoms with van der Waals surface area (Å²) < 4.78 is 0. The van der Waals surface area contributed by atoms with Gasteiger partial charge in [0, 0.05) is 5.88 Å². The maximum absolute atomic E-state index is 5.98. The van der Waals surface area contributed by atoms with E-state index in [2.05, 4.69) is 45.9 Å². The van der Waals surface area contributed by atoms with Crippen LogP contribution in [-0.2, 0) is 6.42 Å². The van der Waals surface area contributed by atoms with Crippen molar-refractivity contribution in [1.82, 2.24) is 0 Å². The lowest BCUT2D eigenvalue weighted by Gasteiger charge is -2.18. The van der Waals surface area contributed by atoms with Crippen LogP contribution in [0.15, 0.2) is 18.2 Å². The SMILES string of the molecule is Cc1ccc(CC(CCl)C(C)C)cc1C. The topological polar surface area (TPSA) is 0 Å². The molecule has 0 bridgehead atoms. The maximum Gasteiger partial charge on any atom is 0.0257 e. The van der Waals surface area contributed by atoms with Gasteiger partial charge < -0.3 is 0 Å². The van der Waals surface area contributed by atoms with Crippen LogP contribution in [0.4, 0.5) is 0 Å². The van der Waals surface area contributed by atoms with Crippen LogP contribution in [0.5, 0.6) is 0 Å². The predicted octanol–water partition coefficient (Wildman–Crippen LogP) is 4.36. The molecule has 0 saturated carbocycles. The number of hydrogen-bond donors (Lipinski definition) is 0. The van der Waals surface area contributed by atoms with Gasteiger partial charge in [-0.3, -0.25) is 0 Å². The second kappa shape index (κ2) is 5.55. The van der Waals surface area contributed by atoms with Crippen molar-refractivity contribution in [2.75, 3.05) is 5.88 Å². The molecule has 0 aliphatic heterocycles. The monoisotopic (exact) mass is 224 g/mol. The van der Waals surface area contributed by atoms with Gasteiger partial charge in [0.15, 0.2) is 0 Å². The molecule has 0 N–H and O–H groups in total. The average molecular weight is 225 g/mol. The third-order valence-corrected chi connectivity index (χ3v) is 3.61. The zero-order valence-corrected chi connectivity index (χ0v) is 10.9. The van der Waals surface area contributed by atoms with Gasteiger partial charge in [-0.15, -0.1) is 11.6 Å². The highest BCUT2D eigenvalue weighted by Gasteiger charge is 2.12. The fraction of sp³-hybridized carbons (Fsp3) is 0.571. The van der Waals surface area contributed by atoms with Gasteiger partial charge in [0.2, 0.25) is 0 Å². The van der Waals surface area contributed by atoms with Gasteiger partial charge in [-0.05, 0) is 48.8 Å². The van der Waals surface area contributed by atoms with E-state index < -0.39 is 0 Å². The average Bonchev–Trinajstić information content (AvgIpc) is 2.19. The molecule has 0 amide bonds. The van der Waals surface area contributed by atoms with Crippen molar-refractivity contribution in [1.29, 1.82) is 0 Å². The number of rotatable bonds is 4. The summed E-state index contributed by atoms with van der Waals surface area (Å²) in [6.45, 7) is 8.81. The fourth-order valence-corrected chi connectivity index (χ4v) is 2.17. The quantitative estimate of drug-likeness (QED) is 0.667. The molecule has 0 heterocycles. The van der Waals surface area contributed by atoms with Gasteiger partial charge >= 0.3 is 0 Å². The summed E-state index contributed by atoms with van der Waals surface area (Å²) in [4.78, 5) is 0. The van der Waals surface area contributed by atoms with E-state index in [9.17, 15) is 0 Å². The molecule has 0 spiro atoms. The molecule has 1 heteroatoms. The van der Waals surface area contributed by atoms with Crippen LogP contribution < -0.4 is 0 Å². The van der Waals surface area contributed by atoms with Crippen LogP contribution in [0.2, 0.25) is 0 Å². The Balaban J connectivity index is 2.75. The molecule has 0 nitrogen and oxygen atoms in total. The first-order valence-electron chi connectivity index (χ1n) is 5.66. The Labute approximate surface area is 98.7 Å². The molecule has 1 atom stereocenters. The summed E-state index contributed by atoms with van der Waals surface area (Å²) in [6.07, 6.45) is 1.10. The predicted molar refractivity (Wildman–Crippen MR) is 68.7 cm³/mol. The van der Waals surface area contributed by atoms with Crippen molar-refractivity contribution in [3.8, 4) is 0 Å². The summed E-state index contributed by atoms with van der Waals surface area (Å²) >= 11 is 5.98. The van der Waals surface area contributed by atoms with Gasteiger partial charge in [0.25, 0.3) is 0 Å². The van der Waals surface area contributed by atoms with E-state index in [0.717, 1.165) is 12.3 Å². The van der Waals surface area contributed by atoms with Gasteiger partial charge in [0.1, 0.15) is 0 Å². The number of benzene rings is 1. The maximum atomic E-state index is 5.98. The Bertz CT molecular complexity index is 315. The second-order valence-corrected chi connectivity index (χ2v) is 5.09. The van der Waals surface area contributed by atoms with Gasteiger partial charge in [-0.1, -0.05) is 32.0 Å². The van der Waals surface area contributed by atoms with E-state index in [1.807, 2.05) is 0 Å². The first-order chi connectivity index (χ1) is 7.04. The molecule has 1 rings (SSSR count). The summed E-state index contributed by atoms with van der Waals surface area (Å²) in [5.41, 5.74) is 4.16. The Kier molecular flexibility index (Phi) is 4.66. The first-order valence-corrected chi connectivity index (χ1v) is 6.20. The second-order valence-electron chi connectivity index (χ2n) is 4.78. The van der Waals surface area contributed by atoms with Gasteiger partial charge in [-0.25, -0.2) is 0 Å². The number of hydrogen-bond acceptors (Lipinski definition) is 0. The van der Waals surface area contributed by atoms with Crippen LogP contribution in [0.3, 0.4) is 0 Å². The van der Waals surface area contributed by atoms with E-state index in [1.54, 1.807) is 0 Å². The van der Waals surface area contributed by atoms with Crippen molar-refractivity contribution in [2.45, 2.75) is 34.1 Å². The molecule has 15 heavy (non-hydrogen) atoms. The Morgan fingerprint density at radius 1 is 1.13 bits per heavy atom. The standard InChI is InChI=1S/C14H21Cl/c1-10(2)14(9-15)8-13-6-5-11(3)12(4)7-13/h5-7,10,14H,8-9H2,1-4H3. The van der Waals surface area contributed by atoms with E-state index in [0.29, 0.717) is 11.8 Å². The summed E-state index contributed by atoms with van der Waals surface area (Å²) in [6, 6.07) is 6.72. The lowest BCUT2D eigenvalue weighted by Crippen LogP contribution is -2.13. The highest BCUT2D eigenvalue weighted by molar-refractivity contribution is 6.18. The van der Waals surface area contributed by atoms with Crippen molar-refractivity contribution in [2.24, 2.45) is 11.8 Å². The third kappa shape index (κ3) is 3.53. The molecule has 1 aromatic rings. The molecule has 0 aliphatic carbocycles. The van der Waals surface area contributed by atoms with Crippen molar-refractivity contribution < 1.29 is 0 Å². The minimum absolute atomic E-state index is 0.591. The molecule has 1 aromatic carbocycles. The van der Waals surface area contributed by atoms with Gasteiger partial charge in [0.05, 0.1) is 0 Å². The molecule has 84 valence electrons. The summed E-state index contributed by atoms with van der Waals surface area (Å²) in [5, 5.41) is 0. The van der Waals surface area contributed by atoms with Gasteiger partial charge in [-0.2, -0.15) is 0 Å². The van der Waals surface area contributed by atoms with Crippen LogP contribution >= 0.6 is 11.6 Å². The van der Waals surface area contributed by atoms with Crippen molar-refractivity contribution in [3.63, 3.8) is 0 Å².